The van der Waals surface area contributed by atoms with Gasteiger partial charge in [0.25, 0.3) is 0 Å². The van der Waals surface area contributed by atoms with Crippen LogP contribution in [0.1, 0.15) is 5.56 Å². The Morgan fingerprint density at radius 3 is 2.45 bits per heavy atom. The largest absolute Gasteiger partial charge is 0.492 e. The third kappa shape index (κ3) is 4.79. The van der Waals surface area contributed by atoms with Crippen LogP contribution in [-0.2, 0) is 6.54 Å². The molecule has 0 aliphatic carbocycles. The molecular weight excluding hydrogens is 368 g/mol. The summed E-state index contributed by atoms with van der Waals surface area (Å²) in [6.45, 7) is 1.44. The summed E-state index contributed by atoms with van der Waals surface area (Å²) in [6, 6.07) is 24.8. The van der Waals surface area contributed by atoms with Crippen molar-refractivity contribution in [3.8, 4) is 17.2 Å². The number of urea groups is 1. The van der Waals surface area contributed by atoms with E-state index in [2.05, 4.69) is 5.32 Å². The number of carbonyl (C=O) groups excluding carboxylic acids is 1. The fraction of sp³-hybridized carbons (Fsp3) is 0.174. The molecule has 0 unspecified atom stereocenters. The smallest absolute Gasteiger partial charge is 0.322 e. The molecule has 1 aliphatic rings. The maximum absolute atomic E-state index is 12.8. The van der Waals surface area contributed by atoms with Gasteiger partial charge in [0.1, 0.15) is 12.4 Å². The van der Waals surface area contributed by atoms with Crippen molar-refractivity contribution in [2.75, 3.05) is 24.8 Å². The zero-order chi connectivity index (χ0) is 19.9. The Balaban J connectivity index is 1.34. The van der Waals surface area contributed by atoms with Crippen molar-refractivity contribution in [3.05, 3.63) is 84.4 Å². The molecule has 4 rings (SSSR count). The SMILES string of the molecule is O=C(NCCOc1ccc2c(c1)OCO2)N(Cc1ccccc1)c1ccccc1. The summed E-state index contributed by atoms with van der Waals surface area (Å²) in [5, 5.41) is 2.93. The fourth-order valence-electron chi connectivity index (χ4n) is 3.04. The molecule has 148 valence electrons. The van der Waals surface area contributed by atoms with Crippen molar-refractivity contribution in [1.82, 2.24) is 5.32 Å². The van der Waals surface area contributed by atoms with Crippen LogP contribution < -0.4 is 24.4 Å². The molecule has 0 atom stereocenters. The first-order chi connectivity index (χ1) is 14.3. The Labute approximate surface area is 169 Å². The number of benzene rings is 3. The topological polar surface area (TPSA) is 60.0 Å². The Kier molecular flexibility index (Phi) is 5.81. The average molecular weight is 390 g/mol. The van der Waals surface area contributed by atoms with Gasteiger partial charge in [-0.3, -0.25) is 4.90 Å². The molecule has 1 N–H and O–H groups in total. The Bertz CT molecular complexity index is 948. The molecule has 0 fully saturated rings. The van der Waals surface area contributed by atoms with Crippen LogP contribution in [-0.4, -0.2) is 26.0 Å². The average Bonchev–Trinajstić information content (AvgIpc) is 3.24. The van der Waals surface area contributed by atoms with Crippen LogP contribution >= 0.6 is 0 Å². The van der Waals surface area contributed by atoms with E-state index in [9.17, 15) is 4.79 Å². The van der Waals surface area contributed by atoms with Gasteiger partial charge < -0.3 is 19.5 Å². The van der Waals surface area contributed by atoms with Crippen LogP contribution in [0, 0.1) is 0 Å². The van der Waals surface area contributed by atoms with Crippen LogP contribution in [0.5, 0.6) is 17.2 Å². The highest BCUT2D eigenvalue weighted by Gasteiger charge is 2.16. The molecule has 0 aromatic heterocycles. The Morgan fingerprint density at radius 2 is 1.66 bits per heavy atom. The number of nitrogens with one attached hydrogen (secondary N) is 1. The Hall–Kier alpha value is -3.67. The quantitative estimate of drug-likeness (QED) is 0.614. The van der Waals surface area contributed by atoms with Gasteiger partial charge in [-0.25, -0.2) is 4.79 Å². The van der Waals surface area contributed by atoms with Crippen molar-refractivity contribution >= 4 is 11.7 Å². The zero-order valence-electron chi connectivity index (χ0n) is 15.9. The monoisotopic (exact) mass is 390 g/mol. The zero-order valence-corrected chi connectivity index (χ0v) is 15.9. The summed E-state index contributed by atoms with van der Waals surface area (Å²) in [7, 11) is 0. The third-order valence-corrected chi connectivity index (χ3v) is 4.49. The van der Waals surface area contributed by atoms with Crippen LogP contribution in [0.25, 0.3) is 0 Å². The van der Waals surface area contributed by atoms with Crippen LogP contribution in [0.15, 0.2) is 78.9 Å². The molecule has 29 heavy (non-hydrogen) atoms. The molecule has 0 saturated carbocycles. The number of amides is 2. The van der Waals surface area contributed by atoms with E-state index in [1.54, 1.807) is 11.0 Å². The van der Waals surface area contributed by atoms with Gasteiger partial charge in [-0.2, -0.15) is 0 Å². The summed E-state index contributed by atoms with van der Waals surface area (Å²) < 4.78 is 16.3. The van der Waals surface area contributed by atoms with E-state index in [1.165, 1.54) is 0 Å². The minimum Gasteiger partial charge on any atom is -0.492 e. The van der Waals surface area contributed by atoms with Gasteiger partial charge in [-0.15, -0.1) is 0 Å². The maximum Gasteiger partial charge on any atom is 0.322 e. The van der Waals surface area contributed by atoms with Crippen LogP contribution in [0.2, 0.25) is 0 Å². The summed E-state index contributed by atoms with van der Waals surface area (Å²) in [4.78, 5) is 14.6. The first-order valence-electron chi connectivity index (χ1n) is 9.46. The molecule has 3 aromatic carbocycles. The second-order valence-corrected chi connectivity index (χ2v) is 6.50. The van der Waals surface area contributed by atoms with E-state index in [0.717, 1.165) is 11.3 Å². The molecular formula is C23H22N2O4. The number of nitrogens with zero attached hydrogens (tertiary/aromatic N) is 1. The van der Waals surface area contributed by atoms with E-state index >= 15 is 0 Å². The maximum atomic E-state index is 12.8. The minimum absolute atomic E-state index is 0.172. The standard InChI is InChI=1S/C23H22N2O4/c26-23(24-13-14-27-20-11-12-21-22(15-20)29-17-28-21)25(19-9-5-2-6-10-19)16-18-7-3-1-4-8-18/h1-12,15H,13-14,16-17H2,(H,24,26). The molecule has 1 heterocycles. The van der Waals surface area contributed by atoms with Crippen molar-refractivity contribution in [2.45, 2.75) is 6.54 Å². The summed E-state index contributed by atoms with van der Waals surface area (Å²) in [5.74, 6) is 2.06. The first kappa shape index (κ1) is 18.7. The molecule has 0 saturated heterocycles. The van der Waals surface area contributed by atoms with Crippen molar-refractivity contribution in [2.24, 2.45) is 0 Å². The number of fused-ring (bicyclic) bond motifs is 1. The summed E-state index contributed by atoms with van der Waals surface area (Å²) >= 11 is 0. The summed E-state index contributed by atoms with van der Waals surface area (Å²) in [6.07, 6.45) is 0. The molecule has 6 heteroatoms. The number of para-hydroxylation sites is 1. The number of hydrogen-bond donors (Lipinski definition) is 1. The number of ether oxygens (including phenoxy) is 3. The first-order valence-corrected chi connectivity index (χ1v) is 9.46. The molecule has 0 spiro atoms. The number of carbonyl (C=O) groups is 1. The normalized spacial score (nSPS) is 11.7. The number of anilines is 1. The third-order valence-electron chi connectivity index (χ3n) is 4.49. The van der Waals surface area contributed by atoms with Gasteiger partial charge in [0.2, 0.25) is 6.79 Å². The second-order valence-electron chi connectivity index (χ2n) is 6.50. The predicted molar refractivity (Wildman–Crippen MR) is 111 cm³/mol. The lowest BCUT2D eigenvalue weighted by molar-refractivity contribution is 0.173. The Morgan fingerprint density at radius 1 is 0.931 bits per heavy atom. The number of hydrogen-bond acceptors (Lipinski definition) is 4. The number of rotatable bonds is 7. The predicted octanol–water partition coefficient (Wildman–Crippen LogP) is 4.21. The highest BCUT2D eigenvalue weighted by Crippen LogP contribution is 2.35. The van der Waals surface area contributed by atoms with Gasteiger partial charge in [-0.05, 0) is 29.8 Å². The van der Waals surface area contributed by atoms with Gasteiger partial charge in [0, 0.05) is 11.8 Å². The van der Waals surface area contributed by atoms with Gasteiger partial charge >= 0.3 is 6.03 Å². The van der Waals surface area contributed by atoms with E-state index < -0.39 is 0 Å². The molecule has 6 nitrogen and oxygen atoms in total. The molecule has 0 bridgehead atoms. The van der Waals surface area contributed by atoms with Crippen molar-refractivity contribution in [1.29, 1.82) is 0 Å². The summed E-state index contributed by atoms with van der Waals surface area (Å²) in [5.41, 5.74) is 1.90. The van der Waals surface area contributed by atoms with E-state index in [0.29, 0.717) is 36.9 Å². The van der Waals surface area contributed by atoms with E-state index in [4.69, 9.17) is 14.2 Å². The molecule has 1 aliphatic heterocycles. The minimum atomic E-state index is -0.172. The second kappa shape index (κ2) is 9.01. The molecule has 2 amide bonds. The lowest BCUT2D eigenvalue weighted by atomic mass is 10.2. The lowest BCUT2D eigenvalue weighted by Crippen LogP contribution is -2.41. The molecule has 0 radical (unpaired) electrons. The fourth-order valence-corrected chi connectivity index (χ4v) is 3.04. The van der Waals surface area contributed by atoms with Gasteiger partial charge in [0.15, 0.2) is 11.5 Å². The van der Waals surface area contributed by atoms with E-state index in [-0.39, 0.29) is 12.8 Å². The molecule has 3 aromatic rings. The van der Waals surface area contributed by atoms with E-state index in [1.807, 2.05) is 72.8 Å². The van der Waals surface area contributed by atoms with Crippen molar-refractivity contribution in [3.63, 3.8) is 0 Å². The highest BCUT2D eigenvalue weighted by molar-refractivity contribution is 5.91. The lowest BCUT2D eigenvalue weighted by Gasteiger charge is -2.23. The highest BCUT2D eigenvalue weighted by atomic mass is 16.7. The van der Waals surface area contributed by atoms with Crippen LogP contribution in [0.3, 0.4) is 0 Å². The van der Waals surface area contributed by atoms with Crippen LogP contribution in [0.4, 0.5) is 10.5 Å². The van der Waals surface area contributed by atoms with Gasteiger partial charge in [-0.1, -0.05) is 48.5 Å². The van der Waals surface area contributed by atoms with Gasteiger partial charge in [0.05, 0.1) is 13.1 Å². The van der Waals surface area contributed by atoms with Crippen molar-refractivity contribution < 1.29 is 19.0 Å².